The Kier molecular flexibility index (Phi) is 5.53. The first-order chi connectivity index (χ1) is 18.4. The van der Waals surface area contributed by atoms with Crippen molar-refractivity contribution in [1.82, 2.24) is 25.1 Å². The van der Waals surface area contributed by atoms with Gasteiger partial charge < -0.3 is 21.1 Å². The molecule has 0 saturated heterocycles. The number of carbonyl (C=O) groups is 1. The zero-order valence-electron chi connectivity index (χ0n) is 20.3. The summed E-state index contributed by atoms with van der Waals surface area (Å²) < 4.78 is 15.9. The highest BCUT2D eigenvalue weighted by Crippen LogP contribution is 2.33. The third kappa shape index (κ3) is 4.09. The van der Waals surface area contributed by atoms with Crippen molar-refractivity contribution in [2.75, 3.05) is 5.73 Å². The first kappa shape index (κ1) is 23.2. The fraction of sp³-hybridized carbons (Fsp3) is 0.0690. The normalized spacial score (nSPS) is 12.2. The highest BCUT2D eigenvalue weighted by atomic mass is 19.1. The number of carbonyl (C=O) groups excluding carboxylic acids is 1. The zero-order valence-corrected chi connectivity index (χ0v) is 20.3. The molecule has 9 heteroatoms. The molecule has 1 atom stereocenters. The van der Waals surface area contributed by atoms with Crippen LogP contribution in [0.15, 0.2) is 85.1 Å². The minimum Gasteiger partial charge on any atom is -0.508 e. The van der Waals surface area contributed by atoms with Gasteiger partial charge in [-0.1, -0.05) is 24.3 Å². The predicted octanol–water partition coefficient (Wildman–Crippen LogP) is 5.06. The summed E-state index contributed by atoms with van der Waals surface area (Å²) in [5, 5.41) is 19.6. The molecule has 5 N–H and O–H groups in total. The monoisotopic (exact) mass is 506 g/mol. The number of H-pyrrole nitrogens is 1. The molecular weight excluding hydrogens is 483 g/mol. The number of amides is 1. The highest BCUT2D eigenvalue weighted by molar-refractivity contribution is 6.06. The van der Waals surface area contributed by atoms with E-state index in [0.29, 0.717) is 16.9 Å². The maximum absolute atomic E-state index is 14.2. The van der Waals surface area contributed by atoms with Gasteiger partial charge in [0.15, 0.2) is 5.69 Å². The maximum atomic E-state index is 14.2. The van der Waals surface area contributed by atoms with E-state index in [0.717, 1.165) is 27.5 Å². The van der Waals surface area contributed by atoms with Crippen molar-refractivity contribution in [2.45, 2.75) is 6.04 Å². The van der Waals surface area contributed by atoms with E-state index < -0.39 is 17.8 Å². The molecule has 3 aromatic heterocycles. The Morgan fingerprint density at radius 2 is 1.87 bits per heavy atom. The van der Waals surface area contributed by atoms with Gasteiger partial charge in [-0.05, 0) is 65.5 Å². The number of aromatic nitrogens is 4. The van der Waals surface area contributed by atoms with Crippen molar-refractivity contribution in [1.29, 1.82) is 0 Å². The number of aromatic hydroxyl groups is 1. The van der Waals surface area contributed by atoms with Crippen molar-refractivity contribution in [3.8, 4) is 16.9 Å². The molecule has 0 bridgehead atoms. The molecule has 188 valence electrons. The minimum atomic E-state index is -0.859. The number of benzene rings is 3. The summed E-state index contributed by atoms with van der Waals surface area (Å²) in [5.74, 6) is -0.697. The third-order valence-electron chi connectivity index (χ3n) is 6.62. The number of para-hydroxylation sites is 1. The Balaban J connectivity index is 1.40. The Bertz CT molecular complexity index is 1790. The van der Waals surface area contributed by atoms with Crippen LogP contribution in [0.3, 0.4) is 0 Å². The average molecular weight is 507 g/mol. The Morgan fingerprint density at radius 3 is 2.66 bits per heavy atom. The van der Waals surface area contributed by atoms with Crippen molar-refractivity contribution < 1.29 is 14.3 Å². The summed E-state index contributed by atoms with van der Waals surface area (Å²) in [5.41, 5.74) is 10.1. The Hall–Kier alpha value is -5.18. The number of nitrogens with zero attached hydrogens (tertiary/aromatic N) is 3. The van der Waals surface area contributed by atoms with Gasteiger partial charge in [0.2, 0.25) is 0 Å². The average Bonchev–Trinajstić information content (AvgIpc) is 3.50. The van der Waals surface area contributed by atoms with Crippen LogP contribution >= 0.6 is 0 Å². The van der Waals surface area contributed by atoms with Crippen LogP contribution in [-0.2, 0) is 7.05 Å². The summed E-state index contributed by atoms with van der Waals surface area (Å²) >= 11 is 0. The number of anilines is 1. The molecule has 3 aromatic carbocycles. The minimum absolute atomic E-state index is 0.136. The van der Waals surface area contributed by atoms with Crippen LogP contribution < -0.4 is 11.1 Å². The first-order valence-corrected chi connectivity index (χ1v) is 11.9. The van der Waals surface area contributed by atoms with Gasteiger partial charge in [0.25, 0.3) is 5.91 Å². The van der Waals surface area contributed by atoms with Crippen molar-refractivity contribution in [3.05, 3.63) is 108 Å². The standard InChI is InChI=1S/C29H23FN6O2/c1-36-24-13-16(18-7-11-26(31)32-15-18)6-9-20(24)28(35-36)29(38)34-27(21-14-19(30)8-10-25(21)37)23-12-17-4-2-3-5-22(17)33-23/h2-15,27,33,37H,1H3,(H2,31,32)(H,34,38). The van der Waals surface area contributed by atoms with Crippen LogP contribution in [0.1, 0.15) is 27.8 Å². The quantitative estimate of drug-likeness (QED) is 0.260. The lowest BCUT2D eigenvalue weighted by Crippen LogP contribution is -2.30. The SMILES string of the molecule is Cn1nc(C(=O)NC(c2cc3ccccc3[nH]2)c2cc(F)ccc2O)c2ccc(-c3ccc(N)nc3)cc21. The Labute approximate surface area is 216 Å². The lowest BCUT2D eigenvalue weighted by atomic mass is 10.0. The van der Waals surface area contributed by atoms with Gasteiger partial charge in [-0.2, -0.15) is 5.10 Å². The number of aromatic amines is 1. The number of nitrogen functional groups attached to an aromatic ring is 1. The lowest BCUT2D eigenvalue weighted by molar-refractivity contribution is 0.0938. The highest BCUT2D eigenvalue weighted by Gasteiger charge is 2.26. The third-order valence-corrected chi connectivity index (χ3v) is 6.62. The number of phenolic OH excluding ortho intramolecular Hbond substituents is 1. The fourth-order valence-electron chi connectivity index (χ4n) is 4.71. The number of nitrogens with two attached hydrogens (primary N) is 1. The van der Waals surface area contributed by atoms with E-state index in [-0.39, 0.29) is 17.0 Å². The molecule has 8 nitrogen and oxygen atoms in total. The number of pyridine rings is 1. The van der Waals surface area contributed by atoms with Crippen molar-refractivity contribution >= 4 is 33.5 Å². The largest absolute Gasteiger partial charge is 0.508 e. The molecule has 0 radical (unpaired) electrons. The van der Waals surface area contributed by atoms with E-state index in [1.807, 2.05) is 54.6 Å². The van der Waals surface area contributed by atoms with E-state index >= 15 is 0 Å². The van der Waals surface area contributed by atoms with E-state index in [9.17, 15) is 14.3 Å². The summed E-state index contributed by atoms with van der Waals surface area (Å²) in [6.45, 7) is 0. The van der Waals surface area contributed by atoms with Gasteiger partial charge >= 0.3 is 0 Å². The van der Waals surface area contributed by atoms with Crippen molar-refractivity contribution in [2.24, 2.45) is 7.05 Å². The molecule has 0 aliphatic heterocycles. The van der Waals surface area contributed by atoms with Gasteiger partial charge in [0.1, 0.15) is 17.4 Å². The maximum Gasteiger partial charge on any atom is 0.273 e. The molecule has 0 saturated carbocycles. The van der Waals surface area contributed by atoms with Crippen LogP contribution in [0.4, 0.5) is 10.2 Å². The zero-order chi connectivity index (χ0) is 26.4. The number of phenols is 1. The van der Waals surface area contributed by atoms with Crippen LogP contribution in [0.5, 0.6) is 5.75 Å². The Morgan fingerprint density at radius 1 is 1.05 bits per heavy atom. The molecule has 0 spiro atoms. The van der Waals surface area contributed by atoms with E-state index in [1.165, 1.54) is 18.2 Å². The molecule has 3 heterocycles. The fourth-order valence-corrected chi connectivity index (χ4v) is 4.71. The molecule has 1 amide bonds. The van der Waals surface area contributed by atoms with E-state index in [4.69, 9.17) is 5.73 Å². The molecule has 0 aliphatic rings. The lowest BCUT2D eigenvalue weighted by Gasteiger charge is -2.19. The molecule has 6 rings (SSSR count). The van der Waals surface area contributed by atoms with Crippen LogP contribution in [-0.4, -0.2) is 30.8 Å². The van der Waals surface area contributed by atoms with Gasteiger partial charge in [-0.15, -0.1) is 0 Å². The molecule has 6 aromatic rings. The number of hydrogen-bond acceptors (Lipinski definition) is 5. The second kappa shape index (κ2) is 9.04. The van der Waals surface area contributed by atoms with Gasteiger partial charge in [-0.25, -0.2) is 9.37 Å². The number of rotatable bonds is 5. The van der Waals surface area contributed by atoms with Crippen LogP contribution in [0.25, 0.3) is 32.9 Å². The molecular formula is C29H23FN6O2. The van der Waals surface area contributed by atoms with Gasteiger partial charge in [-0.3, -0.25) is 9.48 Å². The second-order valence-electron chi connectivity index (χ2n) is 9.10. The number of nitrogens with one attached hydrogen (secondary N) is 2. The molecule has 0 aliphatic carbocycles. The topological polar surface area (TPSA) is 122 Å². The van der Waals surface area contributed by atoms with Crippen LogP contribution in [0.2, 0.25) is 0 Å². The van der Waals surface area contributed by atoms with Gasteiger partial charge in [0.05, 0.1) is 11.6 Å². The molecule has 0 fully saturated rings. The summed E-state index contributed by atoms with van der Waals surface area (Å²) in [6.07, 6.45) is 1.69. The number of halogens is 1. The summed E-state index contributed by atoms with van der Waals surface area (Å²) in [7, 11) is 1.76. The molecule has 1 unspecified atom stereocenters. The summed E-state index contributed by atoms with van der Waals surface area (Å²) in [4.78, 5) is 21.1. The second-order valence-corrected chi connectivity index (χ2v) is 9.10. The molecule has 38 heavy (non-hydrogen) atoms. The summed E-state index contributed by atoms with van der Waals surface area (Å²) in [6, 6.07) is 21.6. The van der Waals surface area contributed by atoms with Crippen molar-refractivity contribution in [3.63, 3.8) is 0 Å². The van der Waals surface area contributed by atoms with E-state index in [1.54, 1.807) is 24.0 Å². The van der Waals surface area contributed by atoms with E-state index in [2.05, 4.69) is 20.4 Å². The van der Waals surface area contributed by atoms with Crippen LogP contribution in [0, 0.1) is 5.82 Å². The number of hydrogen-bond donors (Lipinski definition) is 4. The van der Waals surface area contributed by atoms with Gasteiger partial charge in [0, 0.05) is 41.0 Å². The predicted molar refractivity (Wildman–Crippen MR) is 144 cm³/mol. The first-order valence-electron chi connectivity index (χ1n) is 11.9. The number of aryl methyl sites for hydroxylation is 1. The number of fused-ring (bicyclic) bond motifs is 2. The smallest absolute Gasteiger partial charge is 0.273 e.